The molecule has 0 radical (unpaired) electrons. The number of anilines is 1. The van der Waals surface area contributed by atoms with Crippen LogP contribution in [0.2, 0.25) is 0 Å². The molecule has 1 aliphatic heterocycles. The minimum atomic E-state index is 0.292. The van der Waals surface area contributed by atoms with Gasteiger partial charge in [-0.3, -0.25) is 0 Å². The Bertz CT molecular complexity index is 1020. The molecule has 2 N–H and O–H groups in total. The normalized spacial score (nSPS) is 25.1. The van der Waals surface area contributed by atoms with Gasteiger partial charge in [0.05, 0.1) is 11.4 Å². The summed E-state index contributed by atoms with van der Waals surface area (Å²) in [5.41, 5.74) is 5.19. The van der Waals surface area contributed by atoms with Crippen LogP contribution in [0, 0.1) is 11.8 Å². The molecule has 6 rings (SSSR count). The first-order chi connectivity index (χ1) is 14.4. The van der Waals surface area contributed by atoms with E-state index in [0.717, 1.165) is 30.1 Å². The largest absolute Gasteiger partial charge is 0.381 e. The minimum absolute atomic E-state index is 0.292. The number of H-pyrrole nitrogens is 1. The highest BCUT2D eigenvalue weighted by molar-refractivity contribution is 5.88. The van der Waals surface area contributed by atoms with Crippen LogP contribution in [0.15, 0.2) is 36.7 Å². The standard InChI is InChI=1S/C24H28N4O/c1-2-4-18-15(3-1)7-8-19(16-9-11-29-12-10-16)22(18)28-24-20-13-21(17-5-6-17)27-23(20)25-14-26-24/h1-4,13-14,16-17,19,22H,5-12H2,(H2,25,26,27,28)/t19-,22+/m1/s1. The third kappa shape index (κ3) is 3.21. The molecule has 0 amide bonds. The van der Waals surface area contributed by atoms with E-state index in [0.29, 0.717) is 23.8 Å². The average molecular weight is 389 g/mol. The lowest BCUT2D eigenvalue weighted by Gasteiger charge is -2.40. The van der Waals surface area contributed by atoms with Crippen molar-refractivity contribution in [1.82, 2.24) is 15.0 Å². The van der Waals surface area contributed by atoms with Crippen molar-refractivity contribution in [2.75, 3.05) is 18.5 Å². The zero-order valence-corrected chi connectivity index (χ0v) is 16.7. The number of fused-ring (bicyclic) bond motifs is 2. The predicted molar refractivity (Wildman–Crippen MR) is 114 cm³/mol. The summed E-state index contributed by atoms with van der Waals surface area (Å²) in [5.74, 6) is 2.97. The highest BCUT2D eigenvalue weighted by atomic mass is 16.5. The van der Waals surface area contributed by atoms with Gasteiger partial charge in [0, 0.05) is 18.9 Å². The van der Waals surface area contributed by atoms with Crippen molar-refractivity contribution < 1.29 is 4.74 Å². The van der Waals surface area contributed by atoms with Crippen LogP contribution in [0.3, 0.4) is 0 Å². The van der Waals surface area contributed by atoms with E-state index in [1.165, 1.54) is 55.3 Å². The summed E-state index contributed by atoms with van der Waals surface area (Å²) in [5, 5.41) is 5.02. The quantitative estimate of drug-likeness (QED) is 0.662. The molecule has 2 aromatic heterocycles. The first kappa shape index (κ1) is 17.5. The van der Waals surface area contributed by atoms with Gasteiger partial charge in [0.2, 0.25) is 0 Å². The van der Waals surface area contributed by atoms with Gasteiger partial charge in [-0.05, 0) is 73.5 Å². The predicted octanol–water partition coefficient (Wildman–Crippen LogP) is 4.98. The van der Waals surface area contributed by atoms with Crippen LogP contribution in [0.5, 0.6) is 0 Å². The van der Waals surface area contributed by atoms with Crippen molar-refractivity contribution in [2.24, 2.45) is 11.8 Å². The molecule has 3 heterocycles. The molecule has 5 heteroatoms. The van der Waals surface area contributed by atoms with E-state index in [9.17, 15) is 0 Å². The Hall–Kier alpha value is -2.40. The number of aromatic nitrogens is 3. The van der Waals surface area contributed by atoms with Crippen molar-refractivity contribution in [1.29, 1.82) is 0 Å². The number of nitrogens with zero attached hydrogens (tertiary/aromatic N) is 2. The third-order valence-corrected chi connectivity index (χ3v) is 7.19. The van der Waals surface area contributed by atoms with E-state index in [4.69, 9.17) is 4.74 Å². The molecule has 5 nitrogen and oxygen atoms in total. The van der Waals surface area contributed by atoms with E-state index < -0.39 is 0 Å². The molecule has 1 saturated carbocycles. The summed E-state index contributed by atoms with van der Waals surface area (Å²) in [6, 6.07) is 11.5. The highest BCUT2D eigenvalue weighted by Crippen LogP contribution is 2.45. The fraction of sp³-hybridized carbons (Fsp3) is 0.500. The van der Waals surface area contributed by atoms with E-state index in [1.54, 1.807) is 6.33 Å². The molecule has 3 aromatic rings. The number of ether oxygens (including phenoxy) is 1. The lowest BCUT2D eigenvalue weighted by atomic mass is 9.71. The van der Waals surface area contributed by atoms with Crippen molar-refractivity contribution in [3.05, 3.63) is 53.5 Å². The van der Waals surface area contributed by atoms with Gasteiger partial charge in [-0.2, -0.15) is 0 Å². The van der Waals surface area contributed by atoms with E-state index in [1.807, 2.05) is 0 Å². The smallest absolute Gasteiger partial charge is 0.143 e. The number of hydrogen-bond acceptors (Lipinski definition) is 4. The summed E-state index contributed by atoms with van der Waals surface area (Å²) < 4.78 is 5.66. The van der Waals surface area contributed by atoms with Crippen LogP contribution >= 0.6 is 0 Å². The number of rotatable bonds is 4. The van der Waals surface area contributed by atoms with Crippen LogP contribution in [-0.4, -0.2) is 28.2 Å². The van der Waals surface area contributed by atoms with Crippen molar-refractivity contribution in [3.63, 3.8) is 0 Å². The average Bonchev–Trinajstić information content (AvgIpc) is 3.53. The Morgan fingerprint density at radius 2 is 1.86 bits per heavy atom. The van der Waals surface area contributed by atoms with E-state index in [-0.39, 0.29) is 0 Å². The summed E-state index contributed by atoms with van der Waals surface area (Å²) in [6.07, 6.45) is 8.99. The topological polar surface area (TPSA) is 62.8 Å². The molecule has 2 aliphatic carbocycles. The molecule has 0 unspecified atom stereocenters. The summed E-state index contributed by atoms with van der Waals surface area (Å²) in [4.78, 5) is 12.7. The Morgan fingerprint density at radius 1 is 1.00 bits per heavy atom. The second kappa shape index (κ2) is 7.13. The van der Waals surface area contributed by atoms with E-state index >= 15 is 0 Å². The Labute approximate surface area is 171 Å². The molecule has 1 saturated heterocycles. The lowest BCUT2D eigenvalue weighted by molar-refractivity contribution is 0.0397. The second-order valence-corrected chi connectivity index (χ2v) is 8.96. The van der Waals surface area contributed by atoms with Crippen LogP contribution in [0.4, 0.5) is 5.82 Å². The zero-order valence-electron chi connectivity index (χ0n) is 16.7. The summed E-state index contributed by atoms with van der Waals surface area (Å²) in [6.45, 7) is 1.80. The SMILES string of the molecule is c1ccc2c(c1)CC[C@H](C1CCOCC1)[C@H]2Nc1ncnc2[nH]c(C3CC3)cc12. The van der Waals surface area contributed by atoms with Gasteiger partial charge in [-0.15, -0.1) is 0 Å². The van der Waals surface area contributed by atoms with Gasteiger partial charge in [0.25, 0.3) is 0 Å². The molecule has 3 aliphatic rings. The number of hydrogen-bond donors (Lipinski definition) is 2. The molecule has 0 bridgehead atoms. The molecular weight excluding hydrogens is 360 g/mol. The van der Waals surface area contributed by atoms with Gasteiger partial charge in [0.15, 0.2) is 0 Å². The summed E-state index contributed by atoms with van der Waals surface area (Å²) >= 11 is 0. The number of aromatic amines is 1. The minimum Gasteiger partial charge on any atom is -0.381 e. The maximum absolute atomic E-state index is 5.66. The van der Waals surface area contributed by atoms with Crippen LogP contribution in [0.1, 0.15) is 60.9 Å². The van der Waals surface area contributed by atoms with E-state index in [2.05, 4.69) is 50.6 Å². The fourth-order valence-electron chi connectivity index (χ4n) is 5.46. The summed E-state index contributed by atoms with van der Waals surface area (Å²) in [7, 11) is 0. The van der Waals surface area contributed by atoms with Crippen molar-refractivity contribution in [3.8, 4) is 0 Å². The van der Waals surface area contributed by atoms with Gasteiger partial charge < -0.3 is 15.0 Å². The Morgan fingerprint density at radius 3 is 2.72 bits per heavy atom. The molecular formula is C24H28N4O. The molecule has 0 spiro atoms. The number of aryl methyl sites for hydroxylation is 1. The lowest BCUT2D eigenvalue weighted by Crippen LogP contribution is -2.35. The Balaban J connectivity index is 1.38. The van der Waals surface area contributed by atoms with Gasteiger partial charge >= 0.3 is 0 Å². The Kier molecular flexibility index (Phi) is 4.29. The first-order valence-corrected chi connectivity index (χ1v) is 11.1. The number of benzene rings is 1. The zero-order chi connectivity index (χ0) is 19.2. The first-order valence-electron chi connectivity index (χ1n) is 11.1. The van der Waals surface area contributed by atoms with Crippen molar-refractivity contribution >= 4 is 16.9 Å². The third-order valence-electron chi connectivity index (χ3n) is 7.19. The van der Waals surface area contributed by atoms with Crippen molar-refractivity contribution in [2.45, 2.75) is 50.5 Å². The molecule has 2 atom stereocenters. The molecule has 29 heavy (non-hydrogen) atoms. The number of nitrogens with one attached hydrogen (secondary N) is 2. The molecule has 2 fully saturated rings. The van der Waals surface area contributed by atoms with Crippen LogP contribution in [-0.2, 0) is 11.2 Å². The maximum Gasteiger partial charge on any atom is 0.143 e. The second-order valence-electron chi connectivity index (χ2n) is 8.96. The van der Waals surface area contributed by atoms with Gasteiger partial charge in [0.1, 0.15) is 17.8 Å². The monoisotopic (exact) mass is 388 g/mol. The highest BCUT2D eigenvalue weighted by Gasteiger charge is 2.36. The van der Waals surface area contributed by atoms with Gasteiger partial charge in [-0.25, -0.2) is 9.97 Å². The van der Waals surface area contributed by atoms with Crippen LogP contribution < -0.4 is 5.32 Å². The fourth-order valence-corrected chi connectivity index (χ4v) is 5.46. The van der Waals surface area contributed by atoms with Crippen LogP contribution in [0.25, 0.3) is 11.0 Å². The maximum atomic E-state index is 5.66. The van der Waals surface area contributed by atoms with Gasteiger partial charge in [-0.1, -0.05) is 24.3 Å². The molecule has 150 valence electrons. The molecule has 1 aromatic carbocycles.